The lowest BCUT2D eigenvalue weighted by molar-refractivity contribution is 0.159. The van der Waals surface area contributed by atoms with Crippen LogP contribution in [0.4, 0.5) is 0 Å². The zero-order chi connectivity index (χ0) is 14.7. The van der Waals surface area contributed by atoms with Crippen molar-refractivity contribution in [1.82, 2.24) is 9.80 Å². The van der Waals surface area contributed by atoms with Crippen LogP contribution in [0.5, 0.6) is 0 Å². The molecular formula is C19H22N2. The van der Waals surface area contributed by atoms with Crippen LogP contribution in [0.15, 0.2) is 67.0 Å². The average Bonchev–Trinajstić information content (AvgIpc) is 2.84. The Morgan fingerprint density at radius 2 is 1.29 bits per heavy atom. The van der Waals surface area contributed by atoms with Crippen LogP contribution in [0.2, 0.25) is 0 Å². The Labute approximate surface area is 127 Å². The van der Waals surface area contributed by atoms with Gasteiger partial charge in [-0.05, 0) is 25.0 Å². The van der Waals surface area contributed by atoms with Gasteiger partial charge in [-0.25, -0.2) is 0 Å². The molecule has 0 bridgehead atoms. The van der Waals surface area contributed by atoms with E-state index >= 15 is 0 Å². The molecular weight excluding hydrogens is 256 g/mol. The van der Waals surface area contributed by atoms with E-state index in [0.29, 0.717) is 6.17 Å². The Hall–Kier alpha value is -2.22. The summed E-state index contributed by atoms with van der Waals surface area (Å²) in [6.45, 7) is 6.31. The molecule has 1 atom stereocenters. The van der Waals surface area contributed by atoms with Gasteiger partial charge in [0, 0.05) is 25.5 Å². The summed E-state index contributed by atoms with van der Waals surface area (Å²) in [6, 6.07) is 19.4. The fourth-order valence-corrected chi connectivity index (χ4v) is 2.68. The normalized spacial score (nSPS) is 17.5. The molecule has 1 unspecified atom stereocenters. The van der Waals surface area contributed by atoms with Gasteiger partial charge in [-0.15, -0.1) is 0 Å². The van der Waals surface area contributed by atoms with Crippen LogP contribution in [-0.4, -0.2) is 16.0 Å². The second-order valence-corrected chi connectivity index (χ2v) is 5.75. The molecule has 108 valence electrons. The molecule has 2 aromatic carbocycles. The predicted molar refractivity (Wildman–Crippen MR) is 87.3 cm³/mol. The van der Waals surface area contributed by atoms with Gasteiger partial charge in [-0.2, -0.15) is 0 Å². The lowest BCUT2D eigenvalue weighted by atomic mass is 10.1. The highest BCUT2D eigenvalue weighted by atomic mass is 15.4. The lowest BCUT2D eigenvalue weighted by Gasteiger charge is -2.30. The first-order valence-corrected chi connectivity index (χ1v) is 7.52. The molecule has 21 heavy (non-hydrogen) atoms. The Bertz CT molecular complexity index is 601. The third-order valence-electron chi connectivity index (χ3n) is 4.10. The first-order valence-electron chi connectivity index (χ1n) is 7.52. The molecule has 0 spiro atoms. The van der Waals surface area contributed by atoms with Gasteiger partial charge in [-0.1, -0.05) is 60.2 Å². The number of aryl methyl sites for hydroxylation is 1. The molecule has 3 rings (SSSR count). The van der Waals surface area contributed by atoms with E-state index < -0.39 is 0 Å². The zero-order valence-electron chi connectivity index (χ0n) is 12.7. The number of hydrogen-bond acceptors (Lipinski definition) is 2. The standard InChI is InChI=1S/C19H22N2/c1-16-8-10-19(11-9-16)15-21-13-12-20(17(21)2)14-18-6-4-3-5-7-18/h3-13,17H,14-15H2,1-2H3. The van der Waals surface area contributed by atoms with Crippen molar-refractivity contribution in [3.8, 4) is 0 Å². The van der Waals surface area contributed by atoms with E-state index in [1.54, 1.807) is 0 Å². The van der Waals surface area contributed by atoms with Gasteiger partial charge in [0.2, 0.25) is 0 Å². The number of rotatable bonds is 4. The molecule has 0 amide bonds. The summed E-state index contributed by atoms with van der Waals surface area (Å²) in [5, 5.41) is 0. The van der Waals surface area contributed by atoms with Crippen molar-refractivity contribution < 1.29 is 0 Å². The third kappa shape index (κ3) is 3.27. The maximum atomic E-state index is 2.38. The lowest BCUT2D eigenvalue weighted by Crippen LogP contribution is -2.35. The van der Waals surface area contributed by atoms with Crippen LogP contribution in [0, 0.1) is 6.92 Å². The highest BCUT2D eigenvalue weighted by Gasteiger charge is 2.21. The maximum Gasteiger partial charge on any atom is 0.0984 e. The van der Waals surface area contributed by atoms with Crippen molar-refractivity contribution in [3.05, 3.63) is 83.7 Å². The summed E-state index contributed by atoms with van der Waals surface area (Å²) in [6.07, 6.45) is 4.80. The maximum absolute atomic E-state index is 2.38. The molecule has 2 aromatic rings. The fourth-order valence-electron chi connectivity index (χ4n) is 2.68. The van der Waals surface area contributed by atoms with E-state index in [1.807, 2.05) is 0 Å². The summed E-state index contributed by atoms with van der Waals surface area (Å²) in [4.78, 5) is 4.76. The highest BCUT2D eigenvalue weighted by Crippen LogP contribution is 2.21. The van der Waals surface area contributed by atoms with E-state index in [9.17, 15) is 0 Å². The minimum Gasteiger partial charge on any atom is -0.352 e. The Morgan fingerprint density at radius 3 is 1.86 bits per heavy atom. The van der Waals surface area contributed by atoms with Gasteiger partial charge in [0.25, 0.3) is 0 Å². The topological polar surface area (TPSA) is 6.48 Å². The molecule has 1 aliphatic heterocycles. The molecule has 0 saturated heterocycles. The first kappa shape index (κ1) is 13.7. The van der Waals surface area contributed by atoms with Crippen LogP contribution < -0.4 is 0 Å². The van der Waals surface area contributed by atoms with E-state index in [4.69, 9.17) is 0 Å². The SMILES string of the molecule is Cc1ccc(CN2C=CN(Cc3ccccc3)C2C)cc1. The molecule has 0 fully saturated rings. The Balaban J connectivity index is 1.62. The Morgan fingerprint density at radius 1 is 0.762 bits per heavy atom. The molecule has 1 heterocycles. The van der Waals surface area contributed by atoms with Crippen molar-refractivity contribution in [2.75, 3.05) is 0 Å². The smallest absolute Gasteiger partial charge is 0.0984 e. The molecule has 0 saturated carbocycles. The minimum atomic E-state index is 0.395. The van der Waals surface area contributed by atoms with Gasteiger partial charge < -0.3 is 9.80 Å². The van der Waals surface area contributed by atoms with Crippen LogP contribution in [0.25, 0.3) is 0 Å². The predicted octanol–water partition coefficient (Wildman–Crippen LogP) is 4.13. The molecule has 1 aliphatic rings. The van der Waals surface area contributed by atoms with Crippen molar-refractivity contribution in [1.29, 1.82) is 0 Å². The summed E-state index contributed by atoms with van der Waals surface area (Å²) in [5.74, 6) is 0. The zero-order valence-corrected chi connectivity index (χ0v) is 12.7. The second-order valence-electron chi connectivity index (χ2n) is 5.75. The van der Waals surface area contributed by atoms with Crippen LogP contribution in [0.3, 0.4) is 0 Å². The minimum absolute atomic E-state index is 0.395. The van der Waals surface area contributed by atoms with Crippen LogP contribution >= 0.6 is 0 Å². The van der Waals surface area contributed by atoms with E-state index in [0.717, 1.165) is 13.1 Å². The molecule has 2 heteroatoms. The largest absolute Gasteiger partial charge is 0.352 e. The van der Waals surface area contributed by atoms with E-state index in [1.165, 1.54) is 16.7 Å². The number of benzene rings is 2. The monoisotopic (exact) mass is 278 g/mol. The molecule has 0 aliphatic carbocycles. The van der Waals surface area contributed by atoms with Gasteiger partial charge in [0.05, 0.1) is 6.17 Å². The number of hydrogen-bond donors (Lipinski definition) is 0. The summed E-state index contributed by atoms with van der Waals surface area (Å²) in [5.41, 5.74) is 4.03. The fraction of sp³-hybridized carbons (Fsp3) is 0.263. The molecule has 0 radical (unpaired) electrons. The van der Waals surface area contributed by atoms with Crippen molar-refractivity contribution in [2.24, 2.45) is 0 Å². The van der Waals surface area contributed by atoms with Gasteiger partial charge in [-0.3, -0.25) is 0 Å². The van der Waals surface area contributed by atoms with Gasteiger partial charge >= 0.3 is 0 Å². The van der Waals surface area contributed by atoms with Crippen molar-refractivity contribution in [2.45, 2.75) is 33.1 Å². The van der Waals surface area contributed by atoms with Crippen LogP contribution in [0.1, 0.15) is 23.6 Å². The summed E-state index contributed by atoms with van der Waals surface area (Å²) in [7, 11) is 0. The van der Waals surface area contributed by atoms with Crippen LogP contribution in [-0.2, 0) is 13.1 Å². The quantitative estimate of drug-likeness (QED) is 0.829. The second kappa shape index (κ2) is 6.04. The Kier molecular flexibility index (Phi) is 3.96. The molecule has 0 aromatic heterocycles. The summed E-state index contributed by atoms with van der Waals surface area (Å²) >= 11 is 0. The van der Waals surface area contributed by atoms with E-state index in [-0.39, 0.29) is 0 Å². The van der Waals surface area contributed by atoms with Gasteiger partial charge in [0.1, 0.15) is 0 Å². The highest BCUT2D eigenvalue weighted by molar-refractivity contribution is 5.22. The van der Waals surface area contributed by atoms with Crippen molar-refractivity contribution in [3.63, 3.8) is 0 Å². The van der Waals surface area contributed by atoms with Gasteiger partial charge in [0.15, 0.2) is 0 Å². The summed E-state index contributed by atoms with van der Waals surface area (Å²) < 4.78 is 0. The average molecular weight is 278 g/mol. The third-order valence-corrected chi connectivity index (χ3v) is 4.10. The van der Waals surface area contributed by atoms with E-state index in [2.05, 4.69) is 90.6 Å². The number of nitrogens with zero attached hydrogens (tertiary/aromatic N) is 2. The van der Waals surface area contributed by atoms with Crippen molar-refractivity contribution >= 4 is 0 Å². The first-order chi connectivity index (χ1) is 10.2. The molecule has 2 nitrogen and oxygen atoms in total. The molecule has 0 N–H and O–H groups in total.